The molecule has 0 amide bonds. The average molecular weight is 370 g/mol. The number of carbonyl (C=O) groups excluding carboxylic acids is 2. The van der Waals surface area contributed by atoms with Gasteiger partial charge in [-0.1, -0.05) is 30.3 Å². The molecule has 0 fully saturated rings. The van der Waals surface area contributed by atoms with E-state index in [-0.39, 0.29) is 33.0 Å². The molecular weight excluding hydrogens is 362 g/mol. The van der Waals surface area contributed by atoms with Crippen LogP contribution < -0.4 is 0 Å². The number of benzene rings is 1. The van der Waals surface area contributed by atoms with Crippen LogP contribution in [-0.4, -0.2) is 28.6 Å². The van der Waals surface area contributed by atoms with Crippen molar-refractivity contribution < 1.29 is 14.3 Å². The largest absolute Gasteiger partial charge is 0.491 e. The molecular formula is C16H8BrN3O3. The van der Waals surface area contributed by atoms with Crippen molar-refractivity contribution in [1.29, 1.82) is 5.26 Å². The lowest BCUT2D eigenvalue weighted by atomic mass is 10.0. The Balaban J connectivity index is 2.28. The van der Waals surface area contributed by atoms with Crippen LogP contribution in [0.25, 0.3) is 11.3 Å². The molecule has 1 aliphatic rings. The second-order valence-electron chi connectivity index (χ2n) is 4.60. The molecule has 0 saturated carbocycles. The molecule has 0 N–H and O–H groups in total. The number of hydrogen-bond donors (Lipinski definition) is 0. The third kappa shape index (κ3) is 2.33. The van der Waals surface area contributed by atoms with Gasteiger partial charge in [0.05, 0.1) is 7.11 Å². The van der Waals surface area contributed by atoms with Gasteiger partial charge in [0, 0.05) is 5.56 Å². The number of hydrogen-bond acceptors (Lipinski definition) is 6. The summed E-state index contributed by atoms with van der Waals surface area (Å²) in [4.78, 5) is 33.0. The second-order valence-corrected chi connectivity index (χ2v) is 5.39. The van der Waals surface area contributed by atoms with Gasteiger partial charge in [0.1, 0.15) is 27.6 Å². The first-order valence-electron chi connectivity index (χ1n) is 6.49. The van der Waals surface area contributed by atoms with E-state index in [1.807, 2.05) is 12.1 Å². The van der Waals surface area contributed by atoms with Crippen LogP contribution in [0.2, 0.25) is 0 Å². The topological polar surface area (TPSA) is 92.9 Å². The smallest absolute Gasteiger partial charge is 0.249 e. The molecule has 3 rings (SSSR count). The summed E-state index contributed by atoms with van der Waals surface area (Å²) in [6, 6.07) is 10.8. The van der Waals surface area contributed by atoms with Gasteiger partial charge in [-0.2, -0.15) is 5.26 Å². The molecule has 0 bridgehead atoms. The van der Waals surface area contributed by atoms with Crippen LogP contribution in [0.3, 0.4) is 0 Å². The summed E-state index contributed by atoms with van der Waals surface area (Å²) in [6.45, 7) is 0. The highest BCUT2D eigenvalue weighted by Crippen LogP contribution is 2.30. The van der Waals surface area contributed by atoms with Gasteiger partial charge in [0.25, 0.3) is 0 Å². The van der Waals surface area contributed by atoms with E-state index >= 15 is 0 Å². The molecule has 7 heteroatoms. The van der Waals surface area contributed by atoms with Gasteiger partial charge in [0.2, 0.25) is 11.6 Å². The molecule has 112 valence electrons. The fourth-order valence-corrected chi connectivity index (χ4v) is 2.75. The Labute approximate surface area is 139 Å². The lowest BCUT2D eigenvalue weighted by Gasteiger charge is -2.16. The number of fused-ring (bicyclic) bond motifs is 1. The van der Waals surface area contributed by atoms with E-state index in [9.17, 15) is 14.9 Å². The Hall–Kier alpha value is -2.85. The minimum atomic E-state index is -0.586. The molecule has 1 heterocycles. The maximum Gasteiger partial charge on any atom is 0.249 e. The summed E-state index contributed by atoms with van der Waals surface area (Å²) in [5, 5.41) is 9.31. The van der Waals surface area contributed by atoms with E-state index in [2.05, 4.69) is 25.9 Å². The van der Waals surface area contributed by atoms with Crippen LogP contribution in [0.1, 0.15) is 26.7 Å². The third-order valence-electron chi connectivity index (χ3n) is 3.29. The molecule has 0 atom stereocenters. The Morgan fingerprint density at radius 1 is 1.04 bits per heavy atom. The van der Waals surface area contributed by atoms with Crippen LogP contribution in [-0.2, 0) is 4.74 Å². The highest BCUT2D eigenvalue weighted by Gasteiger charge is 2.36. The molecule has 1 aromatic heterocycles. The zero-order chi connectivity index (χ0) is 16.6. The number of aromatic nitrogens is 2. The van der Waals surface area contributed by atoms with Crippen molar-refractivity contribution in [3.8, 4) is 17.3 Å². The van der Waals surface area contributed by atoms with Gasteiger partial charge in [-0.05, 0) is 15.9 Å². The molecule has 2 aromatic rings. The molecule has 0 saturated heterocycles. The predicted octanol–water partition coefficient (Wildman–Crippen LogP) is 2.65. The zero-order valence-corrected chi connectivity index (χ0v) is 13.4. The van der Waals surface area contributed by atoms with Gasteiger partial charge < -0.3 is 4.74 Å². The van der Waals surface area contributed by atoms with Crippen molar-refractivity contribution in [2.45, 2.75) is 0 Å². The number of nitrogens with zero attached hydrogens (tertiary/aromatic N) is 3. The molecule has 23 heavy (non-hydrogen) atoms. The lowest BCUT2D eigenvalue weighted by Crippen LogP contribution is -2.24. The summed E-state index contributed by atoms with van der Waals surface area (Å²) < 4.78 is 4.94. The Morgan fingerprint density at radius 2 is 1.70 bits per heavy atom. The third-order valence-corrected chi connectivity index (χ3v) is 4.01. The number of ether oxygens (including phenoxy) is 1. The summed E-state index contributed by atoms with van der Waals surface area (Å²) in [5.41, 5.74) is 0.600. The standard InChI is InChI=1S/C16H8BrN3O3/c1-23-16-10(17)14(21)12-13(15(16)22)19-9(7-18)11(20-12)8-5-3-2-4-6-8/h2-6H,1H3. The van der Waals surface area contributed by atoms with Crippen LogP contribution in [0.4, 0.5) is 0 Å². The number of nitriles is 1. The van der Waals surface area contributed by atoms with E-state index in [1.54, 1.807) is 24.3 Å². The number of allylic oxidation sites excluding steroid dienone is 2. The quantitative estimate of drug-likeness (QED) is 0.807. The van der Waals surface area contributed by atoms with Crippen molar-refractivity contribution in [2.24, 2.45) is 0 Å². The maximum atomic E-state index is 12.4. The minimum Gasteiger partial charge on any atom is -0.491 e. The van der Waals surface area contributed by atoms with Crippen molar-refractivity contribution in [1.82, 2.24) is 9.97 Å². The second kappa shape index (κ2) is 5.74. The minimum absolute atomic E-state index is 0.00415. The molecule has 0 aliphatic heterocycles. The fraction of sp³-hybridized carbons (Fsp3) is 0.0625. The highest BCUT2D eigenvalue weighted by molar-refractivity contribution is 9.12. The van der Waals surface area contributed by atoms with E-state index in [1.165, 1.54) is 7.11 Å². The number of rotatable bonds is 2. The van der Waals surface area contributed by atoms with Gasteiger partial charge in [0.15, 0.2) is 11.5 Å². The number of halogens is 1. The van der Waals surface area contributed by atoms with E-state index in [4.69, 9.17) is 4.74 Å². The lowest BCUT2D eigenvalue weighted by molar-refractivity contribution is 0.0906. The number of carbonyl (C=O) groups is 2. The van der Waals surface area contributed by atoms with Gasteiger partial charge in [-0.3, -0.25) is 9.59 Å². The van der Waals surface area contributed by atoms with Crippen LogP contribution in [0.15, 0.2) is 40.6 Å². The Morgan fingerprint density at radius 3 is 2.30 bits per heavy atom. The molecule has 1 aromatic carbocycles. The normalized spacial score (nSPS) is 13.6. The first kappa shape index (κ1) is 15.1. The fourth-order valence-electron chi connectivity index (χ4n) is 2.22. The maximum absolute atomic E-state index is 12.4. The van der Waals surface area contributed by atoms with E-state index in [0.717, 1.165) is 0 Å². The first-order chi connectivity index (χ1) is 11.1. The molecule has 6 nitrogen and oxygen atoms in total. The zero-order valence-electron chi connectivity index (χ0n) is 11.8. The highest BCUT2D eigenvalue weighted by atomic mass is 79.9. The van der Waals surface area contributed by atoms with Gasteiger partial charge in [-0.25, -0.2) is 9.97 Å². The van der Waals surface area contributed by atoms with E-state index in [0.29, 0.717) is 5.56 Å². The van der Waals surface area contributed by atoms with Crippen molar-refractivity contribution in [3.63, 3.8) is 0 Å². The summed E-state index contributed by atoms with van der Waals surface area (Å²) in [5.74, 6) is -1.24. The Bertz CT molecular complexity index is 914. The van der Waals surface area contributed by atoms with Gasteiger partial charge >= 0.3 is 0 Å². The SMILES string of the molecule is COC1=C(Br)C(=O)c2nc(-c3ccccc3)c(C#N)nc2C1=O. The molecule has 0 unspecified atom stereocenters. The summed E-state index contributed by atoms with van der Waals surface area (Å²) >= 11 is 3.06. The number of methoxy groups -OCH3 is 1. The number of ketones is 2. The van der Waals surface area contributed by atoms with Crippen LogP contribution in [0, 0.1) is 11.3 Å². The molecule has 1 aliphatic carbocycles. The first-order valence-corrected chi connectivity index (χ1v) is 7.28. The van der Waals surface area contributed by atoms with E-state index < -0.39 is 11.6 Å². The summed E-state index contributed by atoms with van der Waals surface area (Å²) in [7, 11) is 1.28. The van der Waals surface area contributed by atoms with Gasteiger partial charge in [-0.15, -0.1) is 0 Å². The average Bonchev–Trinajstić information content (AvgIpc) is 2.60. The van der Waals surface area contributed by atoms with Crippen molar-refractivity contribution in [2.75, 3.05) is 7.11 Å². The molecule has 0 spiro atoms. The molecule has 0 radical (unpaired) electrons. The van der Waals surface area contributed by atoms with Crippen LogP contribution >= 0.6 is 15.9 Å². The van der Waals surface area contributed by atoms with Crippen molar-refractivity contribution in [3.05, 3.63) is 57.7 Å². The number of Topliss-reactive ketones (excluding diaryl/α,β-unsaturated/α-hetero) is 2. The Kier molecular flexibility index (Phi) is 3.76. The predicted molar refractivity (Wildman–Crippen MR) is 83.8 cm³/mol. The summed E-state index contributed by atoms with van der Waals surface area (Å²) in [6.07, 6.45) is 0. The van der Waals surface area contributed by atoms with Crippen LogP contribution in [0.5, 0.6) is 0 Å². The monoisotopic (exact) mass is 369 g/mol. The van der Waals surface area contributed by atoms with Crippen molar-refractivity contribution >= 4 is 27.5 Å².